The fourth-order valence-electron chi connectivity index (χ4n) is 0.525. The van der Waals surface area contributed by atoms with Gasteiger partial charge < -0.3 is 4.84 Å². The zero-order valence-corrected chi connectivity index (χ0v) is 6.86. The summed E-state index contributed by atoms with van der Waals surface area (Å²) < 4.78 is 0. The van der Waals surface area contributed by atoms with Crippen LogP contribution >= 0.6 is 25.0 Å². The van der Waals surface area contributed by atoms with Crippen LogP contribution in [0.3, 0.4) is 0 Å². The monoisotopic (exact) mass is 177 g/mol. The van der Waals surface area contributed by atoms with Crippen LogP contribution in [0, 0.1) is 0 Å². The van der Waals surface area contributed by atoms with E-state index in [4.69, 9.17) is 5.90 Å². The van der Waals surface area contributed by atoms with Crippen molar-refractivity contribution in [2.24, 2.45) is 5.90 Å². The zero-order valence-electron chi connectivity index (χ0n) is 5.15. The Morgan fingerprint density at radius 1 is 1.20 bits per heavy atom. The quantitative estimate of drug-likeness (QED) is 0.506. The van der Waals surface area contributed by atoms with E-state index < -0.39 is 0 Å². The number of halogens is 1. The van der Waals surface area contributed by atoms with Crippen LogP contribution in [0.15, 0.2) is 29.2 Å². The highest BCUT2D eigenvalue weighted by molar-refractivity contribution is 7.80. The van der Waals surface area contributed by atoms with Gasteiger partial charge >= 0.3 is 0 Å². The van der Waals surface area contributed by atoms with Crippen molar-refractivity contribution in [1.82, 2.24) is 0 Å². The third-order valence-corrected chi connectivity index (χ3v) is 1.27. The van der Waals surface area contributed by atoms with Gasteiger partial charge in [-0.3, -0.25) is 0 Å². The molecule has 0 fully saturated rings. The van der Waals surface area contributed by atoms with Crippen molar-refractivity contribution in [3.05, 3.63) is 24.3 Å². The summed E-state index contributed by atoms with van der Waals surface area (Å²) in [6, 6.07) is 7.13. The largest absolute Gasteiger partial charge is 0.412 e. The molecule has 1 aromatic rings. The molecule has 0 saturated heterocycles. The maximum atomic E-state index is 4.87. The molecule has 0 amide bonds. The highest BCUT2D eigenvalue weighted by atomic mass is 35.5. The number of nitrogens with two attached hydrogens (primary N) is 1. The molecule has 4 heteroatoms. The number of benzene rings is 1. The second-order valence-corrected chi connectivity index (χ2v) is 2.13. The average Bonchev–Trinajstić information content (AvgIpc) is 1.90. The first-order valence-electron chi connectivity index (χ1n) is 2.48. The van der Waals surface area contributed by atoms with Crippen LogP contribution in [0.5, 0.6) is 5.75 Å². The van der Waals surface area contributed by atoms with Crippen molar-refractivity contribution in [3.63, 3.8) is 0 Å². The molecule has 0 aliphatic rings. The van der Waals surface area contributed by atoms with Crippen molar-refractivity contribution < 1.29 is 4.84 Å². The van der Waals surface area contributed by atoms with Gasteiger partial charge in [0.2, 0.25) is 0 Å². The van der Waals surface area contributed by atoms with Crippen molar-refractivity contribution in [3.8, 4) is 5.75 Å². The van der Waals surface area contributed by atoms with Gasteiger partial charge in [-0.1, -0.05) is 0 Å². The lowest BCUT2D eigenvalue weighted by atomic mass is 10.3. The van der Waals surface area contributed by atoms with Crippen LogP contribution in [0.2, 0.25) is 0 Å². The number of rotatable bonds is 1. The van der Waals surface area contributed by atoms with Gasteiger partial charge in [-0.15, -0.1) is 25.0 Å². The predicted octanol–water partition coefficient (Wildman–Crippen LogP) is 1.65. The van der Waals surface area contributed by atoms with E-state index in [1.54, 1.807) is 12.1 Å². The van der Waals surface area contributed by atoms with E-state index in [2.05, 4.69) is 17.5 Å². The van der Waals surface area contributed by atoms with Crippen LogP contribution in [0.4, 0.5) is 0 Å². The molecule has 0 atom stereocenters. The van der Waals surface area contributed by atoms with Crippen LogP contribution in [-0.4, -0.2) is 0 Å². The van der Waals surface area contributed by atoms with Crippen LogP contribution in [0.1, 0.15) is 0 Å². The van der Waals surface area contributed by atoms with Crippen molar-refractivity contribution >= 4 is 25.0 Å². The van der Waals surface area contributed by atoms with E-state index in [-0.39, 0.29) is 12.4 Å². The van der Waals surface area contributed by atoms with E-state index in [0.717, 1.165) is 4.90 Å². The van der Waals surface area contributed by atoms with Gasteiger partial charge in [0.15, 0.2) is 0 Å². The highest BCUT2D eigenvalue weighted by Gasteiger charge is 1.87. The van der Waals surface area contributed by atoms with Gasteiger partial charge in [0, 0.05) is 4.90 Å². The summed E-state index contributed by atoms with van der Waals surface area (Å²) in [5.41, 5.74) is 0. The maximum absolute atomic E-state index is 4.87. The first-order chi connectivity index (χ1) is 4.33. The molecule has 0 bridgehead atoms. The normalized spacial score (nSPS) is 8.20. The number of hydrogen-bond donors (Lipinski definition) is 2. The molecule has 0 unspecified atom stereocenters. The van der Waals surface area contributed by atoms with Crippen LogP contribution in [0.25, 0.3) is 0 Å². The SMILES string of the molecule is Cl.NOc1ccc(S)cc1. The van der Waals surface area contributed by atoms with Crippen molar-refractivity contribution in [2.75, 3.05) is 0 Å². The van der Waals surface area contributed by atoms with Gasteiger partial charge in [-0.05, 0) is 24.3 Å². The number of hydrogen-bond acceptors (Lipinski definition) is 3. The molecule has 0 aliphatic carbocycles. The Kier molecular flexibility index (Phi) is 4.27. The fraction of sp³-hybridized carbons (Fsp3) is 0. The molecule has 0 spiro atoms. The van der Waals surface area contributed by atoms with E-state index in [1.165, 1.54) is 0 Å². The lowest BCUT2D eigenvalue weighted by Gasteiger charge is -1.95. The standard InChI is InChI=1S/C6H7NOS.ClH/c7-8-5-1-3-6(9)4-2-5;/h1-4,9H,7H2;1H. The highest BCUT2D eigenvalue weighted by Crippen LogP contribution is 2.12. The molecule has 2 nitrogen and oxygen atoms in total. The first kappa shape index (κ1) is 9.62. The Bertz CT molecular complexity index is 189. The van der Waals surface area contributed by atoms with Gasteiger partial charge in [0.25, 0.3) is 0 Å². The number of thiol groups is 1. The molecule has 1 rings (SSSR count). The second kappa shape index (κ2) is 4.44. The van der Waals surface area contributed by atoms with Gasteiger partial charge in [-0.25, -0.2) is 0 Å². The fourth-order valence-corrected chi connectivity index (χ4v) is 0.674. The minimum atomic E-state index is 0. The topological polar surface area (TPSA) is 35.2 Å². The van der Waals surface area contributed by atoms with E-state index in [1.807, 2.05) is 12.1 Å². The van der Waals surface area contributed by atoms with E-state index >= 15 is 0 Å². The molecular formula is C6H8ClNOS. The molecule has 56 valence electrons. The molecular weight excluding hydrogens is 170 g/mol. The zero-order chi connectivity index (χ0) is 6.69. The van der Waals surface area contributed by atoms with E-state index in [9.17, 15) is 0 Å². The third kappa shape index (κ3) is 2.47. The molecule has 2 N–H and O–H groups in total. The summed E-state index contributed by atoms with van der Waals surface area (Å²) in [7, 11) is 0. The molecule has 10 heavy (non-hydrogen) atoms. The Labute approximate surface area is 71.1 Å². The lowest BCUT2D eigenvalue weighted by Crippen LogP contribution is -2.00. The minimum Gasteiger partial charge on any atom is -0.412 e. The summed E-state index contributed by atoms with van der Waals surface area (Å²) in [6.45, 7) is 0. The van der Waals surface area contributed by atoms with Gasteiger partial charge in [-0.2, -0.15) is 5.90 Å². The second-order valence-electron chi connectivity index (χ2n) is 1.61. The van der Waals surface area contributed by atoms with Crippen molar-refractivity contribution in [2.45, 2.75) is 4.90 Å². The molecule has 0 heterocycles. The third-order valence-electron chi connectivity index (χ3n) is 0.973. The molecule has 0 saturated carbocycles. The van der Waals surface area contributed by atoms with Gasteiger partial charge in [0.05, 0.1) is 0 Å². The first-order valence-corrected chi connectivity index (χ1v) is 2.93. The van der Waals surface area contributed by atoms with Crippen LogP contribution < -0.4 is 10.7 Å². The summed E-state index contributed by atoms with van der Waals surface area (Å²) in [5.74, 6) is 5.52. The summed E-state index contributed by atoms with van der Waals surface area (Å²) in [6.07, 6.45) is 0. The Hall–Kier alpha value is -0.380. The smallest absolute Gasteiger partial charge is 0.146 e. The molecule has 0 radical (unpaired) electrons. The molecule has 0 aromatic heterocycles. The predicted molar refractivity (Wildman–Crippen MR) is 45.8 cm³/mol. The van der Waals surface area contributed by atoms with Crippen molar-refractivity contribution in [1.29, 1.82) is 0 Å². The molecule has 0 aliphatic heterocycles. The Morgan fingerprint density at radius 2 is 1.70 bits per heavy atom. The van der Waals surface area contributed by atoms with E-state index in [0.29, 0.717) is 5.75 Å². The summed E-state index contributed by atoms with van der Waals surface area (Å²) in [5, 5.41) is 0. The Morgan fingerprint density at radius 3 is 2.10 bits per heavy atom. The van der Waals surface area contributed by atoms with Gasteiger partial charge in [0.1, 0.15) is 5.75 Å². The average molecular weight is 178 g/mol. The maximum Gasteiger partial charge on any atom is 0.146 e. The summed E-state index contributed by atoms with van der Waals surface area (Å²) in [4.78, 5) is 5.33. The minimum absolute atomic E-state index is 0. The Balaban J connectivity index is 0.000000810. The summed E-state index contributed by atoms with van der Waals surface area (Å²) >= 11 is 4.07. The lowest BCUT2D eigenvalue weighted by molar-refractivity contribution is 0.334. The molecule has 1 aromatic carbocycles. The van der Waals surface area contributed by atoms with Crippen LogP contribution in [-0.2, 0) is 0 Å².